The first-order valence-corrected chi connectivity index (χ1v) is 8.28. The Balaban J connectivity index is 1.84. The van der Waals surface area contributed by atoms with Gasteiger partial charge in [0.05, 0.1) is 13.2 Å². The van der Waals surface area contributed by atoms with Crippen LogP contribution in [0.4, 0.5) is 0 Å². The molecule has 0 unspecified atom stereocenters. The van der Waals surface area contributed by atoms with Gasteiger partial charge >= 0.3 is 0 Å². The molecule has 3 nitrogen and oxygen atoms in total. The monoisotopic (exact) mass is 289 g/mol. The molecule has 1 aromatic carbocycles. The zero-order valence-corrected chi connectivity index (χ0v) is 13.1. The lowest BCUT2D eigenvalue weighted by molar-refractivity contribution is 0.0933. The number of hydrogen-bond donors (Lipinski definition) is 0. The average Bonchev–Trinajstić information content (AvgIpc) is 2.77. The van der Waals surface area contributed by atoms with Crippen LogP contribution in [0.15, 0.2) is 24.3 Å². The molecule has 3 heteroatoms. The van der Waals surface area contributed by atoms with Gasteiger partial charge in [-0.25, -0.2) is 0 Å². The van der Waals surface area contributed by atoms with Crippen LogP contribution in [0.25, 0.3) is 0 Å². The second kappa shape index (κ2) is 8.83. The van der Waals surface area contributed by atoms with Crippen molar-refractivity contribution in [2.45, 2.75) is 45.4 Å². The Bertz CT molecular complexity index is 419. The van der Waals surface area contributed by atoms with Gasteiger partial charge in [0, 0.05) is 5.56 Å². The Morgan fingerprint density at radius 1 is 1.10 bits per heavy atom. The largest absolute Gasteiger partial charge is 0.494 e. The van der Waals surface area contributed by atoms with E-state index in [1.54, 1.807) is 0 Å². The van der Waals surface area contributed by atoms with Crippen molar-refractivity contribution in [3.05, 3.63) is 29.8 Å². The Labute approximate surface area is 128 Å². The maximum atomic E-state index is 12.3. The van der Waals surface area contributed by atoms with E-state index in [1.807, 2.05) is 24.3 Å². The number of carbonyl (C=O) groups is 1. The lowest BCUT2D eigenvalue weighted by Crippen LogP contribution is -2.30. The van der Waals surface area contributed by atoms with Gasteiger partial charge in [0.1, 0.15) is 5.75 Å². The molecule has 1 fully saturated rings. The predicted octanol–water partition coefficient (Wildman–Crippen LogP) is 3.92. The van der Waals surface area contributed by atoms with Crippen LogP contribution >= 0.6 is 0 Å². The van der Waals surface area contributed by atoms with Crippen LogP contribution in [0.3, 0.4) is 0 Å². The maximum Gasteiger partial charge on any atom is 0.176 e. The number of unbranched alkanes of at least 4 members (excludes halogenated alkanes) is 1. The third-order valence-corrected chi connectivity index (χ3v) is 4.01. The molecule has 1 aliphatic rings. The normalized spacial score (nSPS) is 16.4. The summed E-state index contributed by atoms with van der Waals surface area (Å²) >= 11 is 0. The first-order chi connectivity index (χ1) is 10.3. The van der Waals surface area contributed by atoms with Crippen molar-refractivity contribution in [1.29, 1.82) is 0 Å². The molecule has 1 heterocycles. The standard InChI is InChI=1S/C18H27NO2/c1-2-3-14-21-17-10-8-16(9-11-17)18(20)15-19-12-6-4-5-7-13-19/h8-11H,2-7,12-15H2,1H3. The molecule has 0 atom stereocenters. The van der Waals surface area contributed by atoms with Gasteiger partial charge in [-0.05, 0) is 56.6 Å². The van der Waals surface area contributed by atoms with E-state index in [2.05, 4.69) is 11.8 Å². The van der Waals surface area contributed by atoms with Gasteiger partial charge in [0.15, 0.2) is 5.78 Å². The topological polar surface area (TPSA) is 29.5 Å². The lowest BCUT2D eigenvalue weighted by atomic mass is 10.1. The highest BCUT2D eigenvalue weighted by Gasteiger charge is 2.14. The minimum atomic E-state index is 0.219. The maximum absolute atomic E-state index is 12.3. The molecule has 0 saturated carbocycles. The van der Waals surface area contributed by atoms with Gasteiger partial charge in [0.25, 0.3) is 0 Å². The van der Waals surface area contributed by atoms with Gasteiger partial charge in [-0.1, -0.05) is 26.2 Å². The smallest absolute Gasteiger partial charge is 0.176 e. The minimum absolute atomic E-state index is 0.219. The molecular formula is C18H27NO2. The van der Waals surface area contributed by atoms with Crippen molar-refractivity contribution in [3.63, 3.8) is 0 Å². The molecule has 1 aromatic rings. The fourth-order valence-corrected chi connectivity index (χ4v) is 2.66. The summed E-state index contributed by atoms with van der Waals surface area (Å²) in [6.45, 7) is 5.56. The molecule has 0 spiro atoms. The van der Waals surface area contributed by atoms with E-state index in [4.69, 9.17) is 4.74 Å². The molecule has 116 valence electrons. The summed E-state index contributed by atoms with van der Waals surface area (Å²) in [5.41, 5.74) is 0.794. The SMILES string of the molecule is CCCCOc1ccc(C(=O)CN2CCCCCC2)cc1. The molecule has 0 N–H and O–H groups in total. The van der Waals surface area contributed by atoms with E-state index in [9.17, 15) is 4.79 Å². The highest BCUT2D eigenvalue weighted by atomic mass is 16.5. The third kappa shape index (κ3) is 5.50. The summed E-state index contributed by atoms with van der Waals surface area (Å²) in [5, 5.41) is 0. The van der Waals surface area contributed by atoms with Crippen molar-refractivity contribution in [3.8, 4) is 5.75 Å². The van der Waals surface area contributed by atoms with E-state index in [1.165, 1.54) is 25.7 Å². The van der Waals surface area contributed by atoms with Crippen molar-refractivity contribution >= 4 is 5.78 Å². The van der Waals surface area contributed by atoms with Crippen molar-refractivity contribution in [2.24, 2.45) is 0 Å². The van der Waals surface area contributed by atoms with Crippen LogP contribution in [-0.4, -0.2) is 36.9 Å². The molecule has 0 amide bonds. The van der Waals surface area contributed by atoms with Crippen LogP contribution in [0.1, 0.15) is 55.8 Å². The summed E-state index contributed by atoms with van der Waals surface area (Å²) < 4.78 is 5.63. The molecule has 0 radical (unpaired) electrons. The number of hydrogen-bond acceptors (Lipinski definition) is 3. The van der Waals surface area contributed by atoms with E-state index in [0.717, 1.165) is 43.9 Å². The molecule has 0 aliphatic carbocycles. The number of Topliss-reactive ketones (excluding diaryl/α,β-unsaturated/α-hetero) is 1. The summed E-state index contributed by atoms with van der Waals surface area (Å²) in [6.07, 6.45) is 7.24. The number of benzene rings is 1. The number of ether oxygens (including phenoxy) is 1. The molecule has 21 heavy (non-hydrogen) atoms. The third-order valence-electron chi connectivity index (χ3n) is 4.01. The summed E-state index contributed by atoms with van der Waals surface area (Å²) in [7, 11) is 0. The molecule has 2 rings (SSSR count). The van der Waals surface area contributed by atoms with Crippen LogP contribution in [-0.2, 0) is 0 Å². The highest BCUT2D eigenvalue weighted by Crippen LogP contribution is 2.15. The van der Waals surface area contributed by atoms with Crippen LogP contribution < -0.4 is 4.74 Å². The lowest BCUT2D eigenvalue weighted by Gasteiger charge is -2.18. The Kier molecular flexibility index (Phi) is 6.74. The quantitative estimate of drug-likeness (QED) is 0.563. The number of nitrogens with zero attached hydrogens (tertiary/aromatic N) is 1. The number of carbonyl (C=O) groups excluding carboxylic acids is 1. The van der Waals surface area contributed by atoms with Gasteiger partial charge < -0.3 is 4.74 Å². The minimum Gasteiger partial charge on any atom is -0.494 e. The van der Waals surface area contributed by atoms with Crippen LogP contribution in [0.5, 0.6) is 5.75 Å². The zero-order chi connectivity index (χ0) is 14.9. The van der Waals surface area contributed by atoms with Crippen molar-refractivity contribution in [2.75, 3.05) is 26.2 Å². The Hall–Kier alpha value is -1.35. The second-order valence-electron chi connectivity index (χ2n) is 5.84. The molecule has 0 bridgehead atoms. The van der Waals surface area contributed by atoms with Crippen LogP contribution in [0, 0.1) is 0 Å². The summed E-state index contributed by atoms with van der Waals surface area (Å²) in [6, 6.07) is 7.60. The number of ketones is 1. The summed E-state index contributed by atoms with van der Waals surface area (Å²) in [4.78, 5) is 14.6. The van der Waals surface area contributed by atoms with Gasteiger partial charge in [-0.15, -0.1) is 0 Å². The van der Waals surface area contributed by atoms with Gasteiger partial charge in [-0.3, -0.25) is 9.69 Å². The van der Waals surface area contributed by atoms with Crippen molar-refractivity contribution < 1.29 is 9.53 Å². The highest BCUT2D eigenvalue weighted by molar-refractivity contribution is 5.97. The molecule has 1 saturated heterocycles. The Morgan fingerprint density at radius 3 is 2.38 bits per heavy atom. The first-order valence-electron chi connectivity index (χ1n) is 8.28. The fraction of sp³-hybridized carbons (Fsp3) is 0.611. The number of likely N-dealkylation sites (tertiary alicyclic amines) is 1. The Morgan fingerprint density at radius 2 is 1.76 bits per heavy atom. The van der Waals surface area contributed by atoms with E-state index >= 15 is 0 Å². The van der Waals surface area contributed by atoms with E-state index in [-0.39, 0.29) is 5.78 Å². The second-order valence-corrected chi connectivity index (χ2v) is 5.84. The molecular weight excluding hydrogens is 262 g/mol. The van der Waals surface area contributed by atoms with Gasteiger partial charge in [0.2, 0.25) is 0 Å². The molecule has 1 aliphatic heterocycles. The fourth-order valence-electron chi connectivity index (χ4n) is 2.66. The predicted molar refractivity (Wildman–Crippen MR) is 86.1 cm³/mol. The molecule has 0 aromatic heterocycles. The number of rotatable bonds is 7. The van der Waals surface area contributed by atoms with E-state index in [0.29, 0.717) is 6.54 Å². The van der Waals surface area contributed by atoms with E-state index < -0.39 is 0 Å². The average molecular weight is 289 g/mol. The first kappa shape index (κ1) is 16.0. The van der Waals surface area contributed by atoms with Gasteiger partial charge in [-0.2, -0.15) is 0 Å². The summed E-state index contributed by atoms with van der Waals surface area (Å²) in [5.74, 6) is 1.08. The van der Waals surface area contributed by atoms with Crippen molar-refractivity contribution in [1.82, 2.24) is 4.90 Å². The zero-order valence-electron chi connectivity index (χ0n) is 13.1. The van der Waals surface area contributed by atoms with Crippen LogP contribution in [0.2, 0.25) is 0 Å².